The Morgan fingerprint density at radius 3 is 1.73 bits per heavy atom. The summed E-state index contributed by atoms with van der Waals surface area (Å²) in [6, 6.07) is 6.37. The van der Waals surface area contributed by atoms with E-state index in [1.54, 1.807) is 0 Å². The highest BCUT2D eigenvalue weighted by Crippen LogP contribution is 2.44. The fourth-order valence-corrected chi connectivity index (χ4v) is 6.15. The molecule has 0 heterocycles. The Bertz CT molecular complexity index is 1000. The van der Waals surface area contributed by atoms with E-state index in [2.05, 4.69) is 86.2 Å². The van der Waals surface area contributed by atoms with Crippen molar-refractivity contribution in [2.75, 3.05) is 0 Å². The molecule has 1 fully saturated rings. The first-order valence-corrected chi connectivity index (χ1v) is 16.9. The van der Waals surface area contributed by atoms with Gasteiger partial charge in [-0.15, -0.1) is 0 Å². The van der Waals surface area contributed by atoms with Crippen LogP contribution in [0.15, 0.2) is 18.2 Å². The molecular weight excluding hydrogens is 563 g/mol. The van der Waals surface area contributed by atoms with Crippen LogP contribution in [-0.2, 0) is 24.4 Å². The Labute approximate surface area is 280 Å². The lowest BCUT2D eigenvalue weighted by Gasteiger charge is -2.40. The summed E-state index contributed by atoms with van der Waals surface area (Å²) in [5, 5.41) is 0. The largest absolute Gasteiger partial charge is 0.460 e. The summed E-state index contributed by atoms with van der Waals surface area (Å²) < 4.78 is 10.6. The summed E-state index contributed by atoms with van der Waals surface area (Å²) in [6.07, 6.45) is 6.68. The highest BCUT2D eigenvalue weighted by atomic mass is 32.1. The predicted molar refractivity (Wildman–Crippen MR) is 197 cm³/mol. The zero-order valence-corrected chi connectivity index (χ0v) is 31.7. The standard InChI is InChI=1S/C24H40BO2S.C7H14.C6H12O2.CH4/c1-10-14-24(15-11-2,21(26)17(3)4)20-13-12-19(16-18(20)5)25-27-22(6,7)23(8,9)28;1-6-4-7(2,3)5-6;1-5(7)8-6(2,3)4;/h12-13,16-17,28H,10-11,14-15H2,1-9H3;6H,4-5H2,1-3H3;1-4H3;1H4. The van der Waals surface area contributed by atoms with Gasteiger partial charge >= 0.3 is 13.5 Å². The molecule has 0 atom stereocenters. The molecule has 6 heteroatoms. The molecule has 4 nitrogen and oxygen atoms in total. The lowest BCUT2D eigenvalue weighted by atomic mass is 9.65. The maximum absolute atomic E-state index is 13.3. The molecule has 1 aliphatic carbocycles. The van der Waals surface area contributed by atoms with E-state index in [0.29, 0.717) is 11.2 Å². The molecule has 0 spiro atoms. The van der Waals surface area contributed by atoms with Crippen LogP contribution in [0.4, 0.5) is 0 Å². The summed E-state index contributed by atoms with van der Waals surface area (Å²) >= 11 is 4.66. The number of Topliss-reactive ketones (excluding diaryl/α,β-unsaturated/α-hetero) is 1. The summed E-state index contributed by atoms with van der Waals surface area (Å²) in [5.74, 6) is 1.18. The third-order valence-corrected chi connectivity index (χ3v) is 8.87. The average Bonchev–Trinajstić information content (AvgIpc) is 2.79. The number of rotatable bonds is 11. The van der Waals surface area contributed by atoms with Gasteiger partial charge in [-0.25, -0.2) is 0 Å². The Balaban J connectivity index is 0. The Morgan fingerprint density at radius 1 is 1.00 bits per heavy atom. The second-order valence-electron chi connectivity index (χ2n) is 15.9. The van der Waals surface area contributed by atoms with E-state index < -0.39 is 5.60 Å². The zero-order chi connectivity index (χ0) is 34.0. The average molecular weight is 634 g/mol. The molecule has 0 unspecified atom stereocenters. The van der Waals surface area contributed by atoms with Crippen molar-refractivity contribution in [1.29, 1.82) is 0 Å². The van der Waals surface area contributed by atoms with Crippen LogP contribution in [0.3, 0.4) is 0 Å². The number of ketones is 1. The van der Waals surface area contributed by atoms with Crippen molar-refractivity contribution in [2.24, 2.45) is 17.3 Å². The first kappa shape index (κ1) is 44.9. The second-order valence-corrected chi connectivity index (χ2v) is 17.0. The number of esters is 1. The normalized spacial score (nSPS) is 15.0. The van der Waals surface area contributed by atoms with Gasteiger partial charge in [0.2, 0.25) is 0 Å². The minimum absolute atomic E-state index is 0. The third kappa shape index (κ3) is 14.9. The maximum atomic E-state index is 13.3. The molecule has 1 aromatic carbocycles. The molecule has 0 amide bonds. The molecule has 44 heavy (non-hydrogen) atoms. The van der Waals surface area contributed by atoms with Crippen LogP contribution in [0.2, 0.25) is 0 Å². The molecule has 0 aromatic heterocycles. The van der Waals surface area contributed by atoms with Gasteiger partial charge in [0, 0.05) is 17.6 Å². The van der Waals surface area contributed by atoms with E-state index in [-0.39, 0.29) is 35.1 Å². The van der Waals surface area contributed by atoms with E-state index in [4.69, 9.17) is 9.39 Å². The Hall–Kier alpha value is -1.27. The zero-order valence-electron chi connectivity index (χ0n) is 30.8. The minimum atomic E-state index is -0.398. The number of carbonyl (C=O) groups excluding carboxylic acids is 2. The van der Waals surface area contributed by atoms with Crippen LogP contribution in [0, 0.1) is 24.2 Å². The Morgan fingerprint density at radius 2 is 1.48 bits per heavy atom. The summed E-state index contributed by atoms with van der Waals surface area (Å²) in [5.41, 5.74) is 2.95. The quantitative estimate of drug-likeness (QED) is 0.150. The Kier molecular flexibility index (Phi) is 18.5. The van der Waals surface area contributed by atoms with Gasteiger partial charge in [-0.05, 0) is 104 Å². The smallest absolute Gasteiger partial charge is 0.330 e. The van der Waals surface area contributed by atoms with Gasteiger partial charge in [0.15, 0.2) is 0 Å². The van der Waals surface area contributed by atoms with Crippen molar-refractivity contribution in [1.82, 2.24) is 0 Å². The number of carbonyl (C=O) groups is 2. The van der Waals surface area contributed by atoms with Gasteiger partial charge in [-0.1, -0.05) is 92.4 Å². The molecule has 255 valence electrons. The van der Waals surface area contributed by atoms with Gasteiger partial charge in [-0.3, -0.25) is 9.59 Å². The van der Waals surface area contributed by atoms with Crippen LogP contribution in [0.1, 0.15) is 161 Å². The number of hydrogen-bond acceptors (Lipinski definition) is 5. The van der Waals surface area contributed by atoms with Crippen LogP contribution in [-0.4, -0.2) is 35.2 Å². The van der Waals surface area contributed by atoms with Crippen molar-refractivity contribution in [3.8, 4) is 0 Å². The SMILES string of the molecule is C.CC(=O)OC(C)(C)C.CC1CC(C)(C)C1.CCCC(CCC)(C(=O)C(C)C)c1ccc([B]OC(C)(C)C(C)(C)S)cc1C. The number of thiol groups is 1. The number of hydrogen-bond donors (Lipinski definition) is 1. The van der Waals surface area contributed by atoms with Crippen LogP contribution in [0.5, 0.6) is 0 Å². The maximum Gasteiger partial charge on any atom is 0.330 e. The van der Waals surface area contributed by atoms with Crippen molar-refractivity contribution < 1.29 is 19.0 Å². The lowest BCUT2D eigenvalue weighted by molar-refractivity contribution is -0.151. The molecule has 2 rings (SSSR count). The van der Waals surface area contributed by atoms with E-state index in [1.807, 2.05) is 55.9 Å². The first-order chi connectivity index (χ1) is 19.3. The molecule has 0 aliphatic heterocycles. The molecule has 1 aromatic rings. The molecule has 0 saturated heterocycles. The fraction of sp³-hybridized carbons (Fsp3) is 0.789. The van der Waals surface area contributed by atoms with Gasteiger partial charge in [0.1, 0.15) is 11.4 Å². The van der Waals surface area contributed by atoms with Crippen LogP contribution in [0.25, 0.3) is 0 Å². The summed E-state index contributed by atoms with van der Waals surface area (Å²) in [4.78, 5) is 23.5. The van der Waals surface area contributed by atoms with Gasteiger partial charge in [0.25, 0.3) is 0 Å². The van der Waals surface area contributed by atoms with Gasteiger partial charge < -0.3 is 9.39 Å². The van der Waals surface area contributed by atoms with Crippen molar-refractivity contribution in [3.63, 3.8) is 0 Å². The van der Waals surface area contributed by atoms with Gasteiger partial charge in [0.05, 0.1) is 11.0 Å². The summed E-state index contributed by atoms with van der Waals surface area (Å²) in [6.45, 7) is 32.7. The lowest BCUT2D eigenvalue weighted by Crippen LogP contribution is -2.46. The predicted octanol–water partition coefficient (Wildman–Crippen LogP) is 10.2. The van der Waals surface area contributed by atoms with E-state index >= 15 is 0 Å². The van der Waals surface area contributed by atoms with E-state index in [0.717, 1.165) is 42.6 Å². The van der Waals surface area contributed by atoms with Gasteiger partial charge in [-0.2, -0.15) is 12.6 Å². The van der Waals surface area contributed by atoms with Crippen molar-refractivity contribution >= 4 is 37.3 Å². The topological polar surface area (TPSA) is 52.6 Å². The fourth-order valence-electron chi connectivity index (χ4n) is 6.09. The monoisotopic (exact) mass is 634 g/mol. The van der Waals surface area contributed by atoms with Crippen molar-refractivity contribution in [2.45, 2.75) is 178 Å². The van der Waals surface area contributed by atoms with E-state index in [9.17, 15) is 9.59 Å². The van der Waals surface area contributed by atoms with Crippen LogP contribution >= 0.6 is 12.6 Å². The first-order valence-electron chi connectivity index (χ1n) is 16.4. The molecule has 1 aliphatic rings. The number of aryl methyl sites for hydroxylation is 1. The highest BCUT2D eigenvalue weighted by molar-refractivity contribution is 7.81. The van der Waals surface area contributed by atoms with E-state index in [1.165, 1.54) is 25.3 Å². The third-order valence-electron chi connectivity index (χ3n) is 8.33. The van der Waals surface area contributed by atoms with Crippen molar-refractivity contribution in [3.05, 3.63) is 29.3 Å². The molecule has 0 N–H and O–H groups in total. The molecule has 1 saturated carbocycles. The second kappa shape index (κ2) is 18.2. The molecule has 1 radical (unpaired) electrons. The minimum Gasteiger partial charge on any atom is -0.460 e. The highest BCUT2D eigenvalue weighted by Gasteiger charge is 2.40. The molecular formula is C38H70BO4S. The summed E-state index contributed by atoms with van der Waals surface area (Å²) in [7, 11) is 1.82. The van der Waals surface area contributed by atoms with Crippen LogP contribution < -0.4 is 5.46 Å². The number of benzene rings is 1. The number of ether oxygens (including phenoxy) is 1. The molecule has 0 bridgehead atoms.